The van der Waals surface area contributed by atoms with E-state index in [0.29, 0.717) is 5.02 Å². The van der Waals surface area contributed by atoms with E-state index in [4.69, 9.17) is 16.3 Å². The normalized spacial score (nSPS) is 13.6. The highest BCUT2D eigenvalue weighted by Gasteiger charge is 2.30. The van der Waals surface area contributed by atoms with Crippen LogP contribution in [0.3, 0.4) is 0 Å². The van der Waals surface area contributed by atoms with Crippen LogP contribution in [0.2, 0.25) is 5.02 Å². The van der Waals surface area contributed by atoms with Crippen molar-refractivity contribution in [3.05, 3.63) is 59.1 Å². The predicted molar refractivity (Wildman–Crippen MR) is 103 cm³/mol. The number of rotatable bonds is 8. The van der Waals surface area contributed by atoms with Crippen molar-refractivity contribution in [1.82, 2.24) is 5.32 Å². The van der Waals surface area contributed by atoms with Crippen LogP contribution in [0.15, 0.2) is 53.4 Å². The van der Waals surface area contributed by atoms with Gasteiger partial charge in [-0.25, -0.2) is 0 Å². The lowest BCUT2D eigenvalue weighted by Gasteiger charge is -2.16. The van der Waals surface area contributed by atoms with Crippen molar-refractivity contribution < 1.29 is 27.8 Å². The number of hydrogen-bond donors (Lipinski definition) is 2. The third kappa shape index (κ3) is 7.26. The van der Waals surface area contributed by atoms with Crippen LogP contribution in [0.5, 0.6) is 5.75 Å². The summed E-state index contributed by atoms with van der Waals surface area (Å²) < 4.78 is 42.8. The molecule has 0 fully saturated rings. The largest absolute Gasteiger partial charge is 0.491 e. The zero-order chi connectivity index (χ0) is 20.7. The number of halogens is 4. The van der Waals surface area contributed by atoms with E-state index in [-0.39, 0.29) is 30.1 Å². The van der Waals surface area contributed by atoms with Gasteiger partial charge < -0.3 is 15.2 Å². The first kappa shape index (κ1) is 22.4. The highest BCUT2D eigenvalue weighted by molar-refractivity contribution is 8.00. The topological polar surface area (TPSA) is 58.6 Å². The Morgan fingerprint density at radius 1 is 1.18 bits per heavy atom. The molecule has 0 aliphatic heterocycles. The Labute approximate surface area is 170 Å². The van der Waals surface area contributed by atoms with Gasteiger partial charge in [-0.1, -0.05) is 11.6 Å². The third-order valence-corrected chi connectivity index (χ3v) is 5.00. The van der Waals surface area contributed by atoms with Crippen molar-refractivity contribution in [2.24, 2.45) is 0 Å². The molecule has 2 rings (SSSR count). The molecule has 0 aromatic heterocycles. The van der Waals surface area contributed by atoms with Crippen LogP contribution >= 0.6 is 23.4 Å². The summed E-state index contributed by atoms with van der Waals surface area (Å²) in [6, 6.07) is 11.2. The SMILES string of the molecule is CC(Sc1ccc(Cl)cc1)C(=O)NCC(O)COc1ccc(C(F)(F)F)cc1. The molecule has 28 heavy (non-hydrogen) atoms. The molecule has 0 heterocycles. The molecule has 1 amide bonds. The fourth-order valence-corrected chi connectivity index (χ4v) is 3.14. The minimum Gasteiger partial charge on any atom is -0.491 e. The number of hydrogen-bond acceptors (Lipinski definition) is 4. The zero-order valence-corrected chi connectivity index (χ0v) is 16.4. The number of ether oxygens (including phenoxy) is 1. The Kier molecular flexibility index (Phi) is 8.03. The zero-order valence-electron chi connectivity index (χ0n) is 14.9. The molecule has 9 heteroatoms. The van der Waals surface area contributed by atoms with Crippen LogP contribution in [-0.2, 0) is 11.0 Å². The molecular weight excluding hydrogens is 415 g/mol. The van der Waals surface area contributed by atoms with Crippen molar-refractivity contribution in [1.29, 1.82) is 0 Å². The van der Waals surface area contributed by atoms with Gasteiger partial charge in [-0.05, 0) is 55.5 Å². The lowest BCUT2D eigenvalue weighted by atomic mass is 10.2. The average Bonchev–Trinajstić information content (AvgIpc) is 2.65. The van der Waals surface area contributed by atoms with Gasteiger partial charge in [0.15, 0.2) is 0 Å². The number of amides is 1. The van der Waals surface area contributed by atoms with Crippen molar-refractivity contribution in [2.75, 3.05) is 13.2 Å². The van der Waals surface area contributed by atoms with E-state index in [1.54, 1.807) is 19.1 Å². The van der Waals surface area contributed by atoms with E-state index in [0.717, 1.165) is 17.0 Å². The Hall–Kier alpha value is -1.90. The summed E-state index contributed by atoms with van der Waals surface area (Å²) in [5, 5.41) is 12.7. The Balaban J connectivity index is 1.73. The van der Waals surface area contributed by atoms with Crippen LogP contribution in [0.4, 0.5) is 13.2 Å². The summed E-state index contributed by atoms with van der Waals surface area (Å²) >= 11 is 7.17. The maximum atomic E-state index is 12.5. The molecule has 4 nitrogen and oxygen atoms in total. The minimum atomic E-state index is -4.41. The first-order chi connectivity index (χ1) is 13.1. The van der Waals surface area contributed by atoms with Gasteiger partial charge in [-0.2, -0.15) is 13.2 Å². The van der Waals surface area contributed by atoms with E-state index in [1.807, 2.05) is 12.1 Å². The van der Waals surface area contributed by atoms with Gasteiger partial charge in [0.2, 0.25) is 5.91 Å². The van der Waals surface area contributed by atoms with E-state index in [2.05, 4.69) is 5.32 Å². The predicted octanol–water partition coefficient (Wildman–Crippen LogP) is 4.40. The summed E-state index contributed by atoms with van der Waals surface area (Å²) in [6.45, 7) is 1.54. The lowest BCUT2D eigenvalue weighted by molar-refractivity contribution is -0.137. The number of carbonyl (C=O) groups excluding carboxylic acids is 1. The molecule has 0 saturated heterocycles. The van der Waals surface area contributed by atoms with Gasteiger partial charge in [-0.3, -0.25) is 4.79 Å². The molecule has 2 atom stereocenters. The fraction of sp³-hybridized carbons (Fsp3) is 0.316. The number of benzene rings is 2. The summed E-state index contributed by atoms with van der Waals surface area (Å²) in [5.41, 5.74) is -0.778. The van der Waals surface area contributed by atoms with Crippen LogP contribution < -0.4 is 10.1 Å². The molecule has 0 radical (unpaired) electrons. The van der Waals surface area contributed by atoms with Crippen LogP contribution in [0.25, 0.3) is 0 Å². The quantitative estimate of drug-likeness (QED) is 0.606. The molecular formula is C19H19ClF3NO3S. The van der Waals surface area contributed by atoms with Crippen molar-refractivity contribution in [3.8, 4) is 5.75 Å². The van der Waals surface area contributed by atoms with Gasteiger partial charge in [0.25, 0.3) is 0 Å². The second kappa shape index (κ2) is 10.0. The van der Waals surface area contributed by atoms with Crippen LogP contribution in [-0.4, -0.2) is 35.5 Å². The first-order valence-electron chi connectivity index (χ1n) is 8.33. The van der Waals surface area contributed by atoms with E-state index in [9.17, 15) is 23.1 Å². The monoisotopic (exact) mass is 433 g/mol. The summed E-state index contributed by atoms with van der Waals surface area (Å²) in [4.78, 5) is 13.0. The Morgan fingerprint density at radius 2 is 1.79 bits per heavy atom. The van der Waals surface area contributed by atoms with Crippen molar-refractivity contribution in [3.63, 3.8) is 0 Å². The number of nitrogens with one attached hydrogen (secondary N) is 1. The van der Waals surface area contributed by atoms with Gasteiger partial charge in [0, 0.05) is 16.5 Å². The summed E-state index contributed by atoms with van der Waals surface area (Å²) in [6.07, 6.45) is -5.41. The molecule has 0 aliphatic rings. The Bertz CT molecular complexity index is 769. The standard InChI is InChI=1S/C19H19ClF3NO3S/c1-12(28-17-8-4-14(20)5-9-17)18(26)24-10-15(25)11-27-16-6-2-13(3-7-16)19(21,22)23/h2-9,12,15,25H,10-11H2,1H3,(H,24,26). The first-order valence-corrected chi connectivity index (χ1v) is 9.59. The molecule has 152 valence electrons. The summed E-state index contributed by atoms with van der Waals surface area (Å²) in [5.74, 6) is -0.0569. The van der Waals surface area contributed by atoms with E-state index >= 15 is 0 Å². The maximum absolute atomic E-state index is 12.5. The van der Waals surface area contributed by atoms with Crippen molar-refractivity contribution in [2.45, 2.75) is 29.3 Å². The maximum Gasteiger partial charge on any atom is 0.416 e. The van der Waals surface area contributed by atoms with Gasteiger partial charge >= 0.3 is 6.18 Å². The third-order valence-electron chi connectivity index (χ3n) is 3.63. The minimum absolute atomic E-state index is 0.0367. The molecule has 2 N–H and O–H groups in total. The number of carbonyl (C=O) groups is 1. The molecule has 2 unspecified atom stereocenters. The molecule has 0 aliphatic carbocycles. The highest BCUT2D eigenvalue weighted by Crippen LogP contribution is 2.30. The molecule has 2 aromatic carbocycles. The van der Waals surface area contributed by atoms with Gasteiger partial charge in [0.05, 0.1) is 10.8 Å². The lowest BCUT2D eigenvalue weighted by Crippen LogP contribution is -2.38. The van der Waals surface area contributed by atoms with Gasteiger partial charge in [0.1, 0.15) is 18.5 Å². The number of aliphatic hydroxyl groups excluding tert-OH is 1. The van der Waals surface area contributed by atoms with Crippen LogP contribution in [0, 0.1) is 0 Å². The highest BCUT2D eigenvalue weighted by atomic mass is 35.5. The van der Waals surface area contributed by atoms with Crippen LogP contribution in [0.1, 0.15) is 12.5 Å². The molecule has 2 aromatic rings. The summed E-state index contributed by atoms with van der Waals surface area (Å²) in [7, 11) is 0. The smallest absolute Gasteiger partial charge is 0.416 e. The second-order valence-corrected chi connectivity index (χ2v) is 7.80. The second-order valence-electron chi connectivity index (χ2n) is 5.95. The molecule has 0 bridgehead atoms. The molecule has 0 spiro atoms. The number of thioether (sulfide) groups is 1. The fourth-order valence-electron chi connectivity index (χ4n) is 2.12. The average molecular weight is 434 g/mol. The number of alkyl halides is 3. The van der Waals surface area contributed by atoms with E-state index < -0.39 is 17.8 Å². The van der Waals surface area contributed by atoms with E-state index in [1.165, 1.54) is 23.9 Å². The molecule has 0 saturated carbocycles. The van der Waals surface area contributed by atoms with Gasteiger partial charge in [-0.15, -0.1) is 11.8 Å². The van der Waals surface area contributed by atoms with Crippen molar-refractivity contribution >= 4 is 29.3 Å². The Morgan fingerprint density at radius 3 is 2.36 bits per heavy atom. The number of aliphatic hydroxyl groups is 1.